The standard InChI is InChI=1S/C14H29NO/c1-4-5-6-7-8-9-10-11-13-16-14-12-15(2)3/h4H,1,5-14H2,2-3H3. The molecule has 16 heavy (non-hydrogen) atoms. The predicted molar refractivity (Wildman–Crippen MR) is 71.9 cm³/mol. The molecule has 0 bridgehead atoms. The Bertz CT molecular complexity index is 146. The van der Waals surface area contributed by atoms with Crippen LogP contribution in [0.1, 0.15) is 44.9 Å². The molecule has 0 aromatic heterocycles. The average molecular weight is 227 g/mol. The van der Waals surface area contributed by atoms with Crippen LogP contribution in [-0.2, 0) is 4.74 Å². The van der Waals surface area contributed by atoms with Crippen molar-refractivity contribution in [1.82, 2.24) is 4.90 Å². The van der Waals surface area contributed by atoms with Gasteiger partial charge in [-0.2, -0.15) is 0 Å². The van der Waals surface area contributed by atoms with Crippen LogP contribution in [0.25, 0.3) is 0 Å². The van der Waals surface area contributed by atoms with Gasteiger partial charge >= 0.3 is 0 Å². The summed E-state index contributed by atoms with van der Waals surface area (Å²) in [6, 6.07) is 0. The van der Waals surface area contributed by atoms with Crippen LogP contribution in [0.5, 0.6) is 0 Å². The second-order valence-corrected chi connectivity index (χ2v) is 4.61. The Morgan fingerprint density at radius 1 is 0.938 bits per heavy atom. The maximum atomic E-state index is 5.53. The van der Waals surface area contributed by atoms with Gasteiger partial charge in [0.15, 0.2) is 0 Å². The lowest BCUT2D eigenvalue weighted by atomic mass is 10.1. The van der Waals surface area contributed by atoms with E-state index >= 15 is 0 Å². The van der Waals surface area contributed by atoms with Crippen LogP contribution in [0.2, 0.25) is 0 Å². The average Bonchev–Trinajstić information content (AvgIpc) is 2.25. The van der Waals surface area contributed by atoms with Crippen molar-refractivity contribution < 1.29 is 4.74 Å². The molecule has 2 heteroatoms. The zero-order valence-electron chi connectivity index (χ0n) is 11.2. The highest BCUT2D eigenvalue weighted by Crippen LogP contribution is 2.07. The van der Waals surface area contributed by atoms with E-state index < -0.39 is 0 Å². The third-order valence-corrected chi connectivity index (χ3v) is 2.63. The number of hydrogen-bond donors (Lipinski definition) is 0. The summed E-state index contributed by atoms with van der Waals surface area (Å²) in [6.45, 7) is 6.56. The SMILES string of the molecule is C=CCCCCCCCCOCCN(C)C. The molecule has 0 unspecified atom stereocenters. The van der Waals surface area contributed by atoms with Crippen molar-refractivity contribution in [2.24, 2.45) is 0 Å². The molecule has 96 valence electrons. The quantitative estimate of drug-likeness (QED) is 0.374. The molecule has 0 amide bonds. The van der Waals surface area contributed by atoms with Gasteiger partial charge in [0.2, 0.25) is 0 Å². The van der Waals surface area contributed by atoms with Gasteiger partial charge in [0.1, 0.15) is 0 Å². The van der Waals surface area contributed by atoms with E-state index in [-0.39, 0.29) is 0 Å². The molecule has 0 aliphatic carbocycles. The molecule has 0 spiro atoms. The Balaban J connectivity index is 2.90. The van der Waals surface area contributed by atoms with Crippen LogP contribution >= 0.6 is 0 Å². The highest BCUT2D eigenvalue weighted by Gasteiger charge is 1.93. The van der Waals surface area contributed by atoms with E-state index in [2.05, 4.69) is 25.6 Å². The van der Waals surface area contributed by atoms with Crippen LogP contribution in [0.3, 0.4) is 0 Å². The van der Waals surface area contributed by atoms with E-state index in [4.69, 9.17) is 4.74 Å². The highest BCUT2D eigenvalue weighted by molar-refractivity contribution is 4.65. The molecule has 2 nitrogen and oxygen atoms in total. The number of ether oxygens (including phenoxy) is 1. The second-order valence-electron chi connectivity index (χ2n) is 4.61. The van der Waals surface area contributed by atoms with Crippen LogP contribution < -0.4 is 0 Å². The number of allylic oxidation sites excluding steroid dienone is 1. The Morgan fingerprint density at radius 3 is 2.19 bits per heavy atom. The van der Waals surface area contributed by atoms with Gasteiger partial charge in [-0.25, -0.2) is 0 Å². The van der Waals surface area contributed by atoms with Crippen LogP contribution in [0, 0.1) is 0 Å². The minimum Gasteiger partial charge on any atom is -0.380 e. The lowest BCUT2D eigenvalue weighted by Gasteiger charge is -2.09. The minimum absolute atomic E-state index is 0.867. The van der Waals surface area contributed by atoms with E-state index in [0.29, 0.717) is 0 Å². The monoisotopic (exact) mass is 227 g/mol. The molecule has 0 aliphatic rings. The first-order chi connectivity index (χ1) is 7.77. The molecule has 0 saturated heterocycles. The Hall–Kier alpha value is -0.340. The maximum absolute atomic E-state index is 5.53. The van der Waals surface area contributed by atoms with Crippen molar-refractivity contribution in [3.63, 3.8) is 0 Å². The van der Waals surface area contributed by atoms with Gasteiger partial charge in [-0.05, 0) is 33.4 Å². The molecular weight excluding hydrogens is 198 g/mol. The molecule has 0 aromatic rings. The lowest BCUT2D eigenvalue weighted by molar-refractivity contribution is 0.114. The summed E-state index contributed by atoms with van der Waals surface area (Å²) in [5.41, 5.74) is 0. The molecule has 0 heterocycles. The van der Waals surface area contributed by atoms with E-state index in [0.717, 1.165) is 19.8 Å². The third kappa shape index (κ3) is 13.7. The predicted octanol–water partition coefficient (Wildman–Crippen LogP) is 3.48. The fraction of sp³-hybridized carbons (Fsp3) is 0.857. The van der Waals surface area contributed by atoms with E-state index in [9.17, 15) is 0 Å². The third-order valence-electron chi connectivity index (χ3n) is 2.63. The van der Waals surface area contributed by atoms with Gasteiger partial charge in [-0.15, -0.1) is 6.58 Å². The van der Waals surface area contributed by atoms with Gasteiger partial charge < -0.3 is 9.64 Å². The van der Waals surface area contributed by atoms with Crippen LogP contribution in [0.4, 0.5) is 0 Å². The number of likely N-dealkylation sites (N-methyl/N-ethyl adjacent to an activating group) is 1. The summed E-state index contributed by atoms with van der Waals surface area (Å²) in [5.74, 6) is 0. The first-order valence-corrected chi connectivity index (χ1v) is 6.60. The summed E-state index contributed by atoms with van der Waals surface area (Å²) in [5, 5.41) is 0. The van der Waals surface area contributed by atoms with E-state index in [1.807, 2.05) is 6.08 Å². The number of nitrogens with zero attached hydrogens (tertiary/aromatic N) is 1. The van der Waals surface area contributed by atoms with Gasteiger partial charge in [0.25, 0.3) is 0 Å². The summed E-state index contributed by atoms with van der Waals surface area (Å²) in [4.78, 5) is 2.15. The van der Waals surface area contributed by atoms with Crippen molar-refractivity contribution in [1.29, 1.82) is 0 Å². The topological polar surface area (TPSA) is 12.5 Å². The first kappa shape index (κ1) is 15.7. The smallest absolute Gasteiger partial charge is 0.0593 e. The normalized spacial score (nSPS) is 10.9. The fourth-order valence-corrected chi connectivity index (χ4v) is 1.55. The largest absolute Gasteiger partial charge is 0.380 e. The Labute approximate surface area is 102 Å². The summed E-state index contributed by atoms with van der Waals surface area (Å²) in [6.07, 6.45) is 11.1. The molecule has 0 atom stereocenters. The zero-order chi connectivity index (χ0) is 12.1. The number of unbranched alkanes of at least 4 members (excludes halogenated alkanes) is 6. The van der Waals surface area contributed by atoms with Gasteiger partial charge in [0.05, 0.1) is 6.61 Å². The van der Waals surface area contributed by atoms with Crippen molar-refractivity contribution in [3.8, 4) is 0 Å². The van der Waals surface area contributed by atoms with E-state index in [1.165, 1.54) is 44.9 Å². The van der Waals surface area contributed by atoms with Crippen molar-refractivity contribution in [3.05, 3.63) is 12.7 Å². The molecule has 0 saturated carbocycles. The highest BCUT2D eigenvalue weighted by atomic mass is 16.5. The van der Waals surface area contributed by atoms with Gasteiger partial charge in [-0.1, -0.05) is 31.8 Å². The van der Waals surface area contributed by atoms with Crippen molar-refractivity contribution >= 4 is 0 Å². The van der Waals surface area contributed by atoms with Gasteiger partial charge in [-0.3, -0.25) is 0 Å². The molecule has 0 radical (unpaired) electrons. The molecular formula is C14H29NO. The molecule has 0 aromatic carbocycles. The maximum Gasteiger partial charge on any atom is 0.0593 e. The minimum atomic E-state index is 0.867. The van der Waals surface area contributed by atoms with Crippen LogP contribution in [0.15, 0.2) is 12.7 Å². The summed E-state index contributed by atoms with van der Waals surface area (Å²) >= 11 is 0. The summed E-state index contributed by atoms with van der Waals surface area (Å²) < 4.78 is 5.53. The zero-order valence-corrected chi connectivity index (χ0v) is 11.2. The Morgan fingerprint density at radius 2 is 1.56 bits per heavy atom. The van der Waals surface area contributed by atoms with Crippen LogP contribution in [-0.4, -0.2) is 38.8 Å². The van der Waals surface area contributed by atoms with Gasteiger partial charge in [0, 0.05) is 13.2 Å². The first-order valence-electron chi connectivity index (χ1n) is 6.60. The number of hydrogen-bond acceptors (Lipinski definition) is 2. The molecule has 0 rings (SSSR count). The van der Waals surface area contributed by atoms with Crippen molar-refractivity contribution in [2.45, 2.75) is 44.9 Å². The Kier molecular flexibility index (Phi) is 12.5. The summed E-state index contributed by atoms with van der Waals surface area (Å²) in [7, 11) is 4.15. The molecule has 0 aliphatic heterocycles. The molecule has 0 fully saturated rings. The van der Waals surface area contributed by atoms with Crippen molar-refractivity contribution in [2.75, 3.05) is 33.9 Å². The van der Waals surface area contributed by atoms with E-state index in [1.54, 1.807) is 0 Å². The number of rotatable bonds is 12. The fourth-order valence-electron chi connectivity index (χ4n) is 1.55. The lowest BCUT2D eigenvalue weighted by Crippen LogP contribution is -2.18. The second kappa shape index (κ2) is 12.7. The molecule has 0 N–H and O–H groups in total.